The van der Waals surface area contributed by atoms with Crippen molar-refractivity contribution >= 4 is 11.9 Å². The predicted molar refractivity (Wildman–Crippen MR) is 123 cm³/mol. The number of pyridine rings is 1. The average Bonchev–Trinajstić information content (AvgIpc) is 3.16. The van der Waals surface area contributed by atoms with Gasteiger partial charge in [-0.2, -0.15) is 0 Å². The van der Waals surface area contributed by atoms with Crippen LogP contribution in [0.4, 0.5) is 0 Å². The first-order valence-electron chi connectivity index (χ1n) is 10.6. The maximum absolute atomic E-state index is 13.2. The van der Waals surface area contributed by atoms with Crippen molar-refractivity contribution in [2.75, 3.05) is 21.0 Å². The lowest BCUT2D eigenvalue weighted by atomic mass is 9.98. The largest absolute Gasteiger partial charge is 0.493 e. The molecule has 2 aliphatic rings. The van der Waals surface area contributed by atoms with Gasteiger partial charge in [-0.15, -0.1) is 0 Å². The highest BCUT2D eigenvalue weighted by Gasteiger charge is 2.35. The van der Waals surface area contributed by atoms with Gasteiger partial charge in [0.25, 0.3) is 0 Å². The first kappa shape index (κ1) is 21.0. The van der Waals surface area contributed by atoms with Crippen molar-refractivity contribution in [3.8, 4) is 23.0 Å². The van der Waals surface area contributed by atoms with Crippen molar-refractivity contribution in [3.05, 3.63) is 82.4 Å². The molecule has 3 aromatic rings. The van der Waals surface area contributed by atoms with Crippen LogP contribution in [0.2, 0.25) is 0 Å². The third-order valence-corrected chi connectivity index (χ3v) is 5.85. The third kappa shape index (κ3) is 3.91. The molecular formula is C26H24N2O5. The molecular weight excluding hydrogens is 420 g/mol. The summed E-state index contributed by atoms with van der Waals surface area (Å²) in [5, 5.41) is 0. The zero-order chi connectivity index (χ0) is 22.9. The van der Waals surface area contributed by atoms with Gasteiger partial charge in [0.15, 0.2) is 17.3 Å². The first-order chi connectivity index (χ1) is 16.1. The van der Waals surface area contributed by atoms with E-state index in [2.05, 4.69) is 9.88 Å². The molecule has 2 aliphatic heterocycles. The van der Waals surface area contributed by atoms with E-state index in [4.69, 9.17) is 18.9 Å². The van der Waals surface area contributed by atoms with Crippen LogP contribution in [-0.2, 0) is 13.1 Å². The third-order valence-electron chi connectivity index (χ3n) is 5.85. The Morgan fingerprint density at radius 3 is 2.64 bits per heavy atom. The predicted octanol–water partition coefficient (Wildman–Crippen LogP) is 4.38. The van der Waals surface area contributed by atoms with Crippen LogP contribution in [-0.4, -0.2) is 36.6 Å². The molecule has 33 heavy (non-hydrogen) atoms. The smallest absolute Gasteiger partial charge is 0.232 e. The number of carbonyl (C=O) groups excluding carboxylic acids is 1. The molecule has 2 aromatic carbocycles. The quantitative estimate of drug-likeness (QED) is 0.541. The summed E-state index contributed by atoms with van der Waals surface area (Å²) in [6.45, 7) is 3.71. The van der Waals surface area contributed by atoms with Crippen LogP contribution in [0.3, 0.4) is 0 Å². The Morgan fingerprint density at radius 1 is 1.09 bits per heavy atom. The minimum atomic E-state index is -0.133. The Kier molecular flexibility index (Phi) is 5.48. The van der Waals surface area contributed by atoms with Gasteiger partial charge in [0.1, 0.15) is 18.2 Å². The summed E-state index contributed by atoms with van der Waals surface area (Å²) in [5.41, 5.74) is 4.25. The number of hydrogen-bond donors (Lipinski definition) is 0. The second-order valence-electron chi connectivity index (χ2n) is 8.04. The highest BCUT2D eigenvalue weighted by atomic mass is 16.5. The Morgan fingerprint density at radius 2 is 1.88 bits per heavy atom. The molecule has 0 N–H and O–H groups in total. The number of nitrogens with zero attached hydrogens (tertiary/aromatic N) is 2. The highest BCUT2D eigenvalue weighted by molar-refractivity contribution is 6.16. The van der Waals surface area contributed by atoms with Crippen molar-refractivity contribution in [2.24, 2.45) is 0 Å². The Labute approximate surface area is 192 Å². The number of allylic oxidation sites excluding steroid dienone is 1. The molecule has 0 spiro atoms. The van der Waals surface area contributed by atoms with E-state index in [0.29, 0.717) is 42.6 Å². The highest BCUT2D eigenvalue weighted by Crippen LogP contribution is 2.44. The molecule has 0 atom stereocenters. The van der Waals surface area contributed by atoms with Crippen LogP contribution in [0.5, 0.6) is 23.0 Å². The summed E-state index contributed by atoms with van der Waals surface area (Å²) >= 11 is 0. The summed E-state index contributed by atoms with van der Waals surface area (Å²) in [5.74, 6) is 2.70. The van der Waals surface area contributed by atoms with E-state index in [0.717, 1.165) is 28.0 Å². The minimum Gasteiger partial charge on any atom is -0.493 e. The zero-order valence-corrected chi connectivity index (χ0v) is 18.8. The van der Waals surface area contributed by atoms with E-state index in [-0.39, 0.29) is 11.5 Å². The first-order valence-corrected chi connectivity index (χ1v) is 10.6. The van der Waals surface area contributed by atoms with Crippen molar-refractivity contribution in [2.45, 2.75) is 20.0 Å². The van der Waals surface area contributed by atoms with Gasteiger partial charge in [-0.05, 0) is 60.0 Å². The normalized spacial score (nSPS) is 16.1. The van der Waals surface area contributed by atoms with Gasteiger partial charge >= 0.3 is 0 Å². The number of aromatic nitrogens is 1. The summed E-state index contributed by atoms with van der Waals surface area (Å²) < 4.78 is 22.9. The lowest BCUT2D eigenvalue weighted by molar-refractivity contribution is 0.0872. The molecule has 3 heterocycles. The van der Waals surface area contributed by atoms with Gasteiger partial charge in [-0.1, -0.05) is 6.07 Å². The molecule has 0 radical (unpaired) electrons. The summed E-state index contributed by atoms with van der Waals surface area (Å²) in [4.78, 5) is 19.5. The van der Waals surface area contributed by atoms with Crippen LogP contribution < -0.4 is 18.9 Å². The number of methoxy groups -OCH3 is 2. The van der Waals surface area contributed by atoms with Gasteiger partial charge in [-0.25, -0.2) is 0 Å². The van der Waals surface area contributed by atoms with Crippen molar-refractivity contribution < 1.29 is 23.7 Å². The summed E-state index contributed by atoms with van der Waals surface area (Å²) in [6, 6.07) is 11.4. The molecule has 0 saturated heterocycles. The number of fused-ring (bicyclic) bond motifs is 3. The topological polar surface area (TPSA) is 70.1 Å². The van der Waals surface area contributed by atoms with Crippen LogP contribution in [0.25, 0.3) is 6.08 Å². The van der Waals surface area contributed by atoms with E-state index in [9.17, 15) is 4.79 Å². The fraction of sp³-hybridized carbons (Fsp3) is 0.231. The number of Topliss-reactive ketones (excluding diaryl/α,β-unsaturated/α-hetero) is 1. The Balaban J connectivity index is 1.46. The molecule has 7 heteroatoms. The number of hydrogen-bond acceptors (Lipinski definition) is 7. The number of ketones is 1. The van der Waals surface area contributed by atoms with E-state index >= 15 is 0 Å². The molecule has 168 valence electrons. The number of carbonyl (C=O) groups is 1. The lowest BCUT2D eigenvalue weighted by Gasteiger charge is -2.30. The monoisotopic (exact) mass is 444 g/mol. The van der Waals surface area contributed by atoms with Crippen LogP contribution >= 0.6 is 0 Å². The number of aryl methyl sites for hydroxylation is 1. The van der Waals surface area contributed by atoms with E-state index < -0.39 is 0 Å². The second kappa shape index (κ2) is 8.60. The van der Waals surface area contributed by atoms with Crippen LogP contribution in [0.1, 0.15) is 32.6 Å². The molecule has 5 rings (SSSR count). The maximum Gasteiger partial charge on any atom is 0.232 e. The van der Waals surface area contributed by atoms with Gasteiger partial charge in [0.2, 0.25) is 5.78 Å². The molecule has 0 bridgehead atoms. The summed E-state index contributed by atoms with van der Waals surface area (Å²) in [6.07, 6.45) is 5.29. The molecule has 0 saturated carbocycles. The SMILES string of the molecule is COc1ccc(/C=C2\Oc3c4c(cc(C)c3C2=O)OCN(Cc2ccncc2)C4)cc1OC. The van der Waals surface area contributed by atoms with Gasteiger partial charge in [-0.3, -0.25) is 14.7 Å². The Bertz CT molecular complexity index is 1250. The van der Waals surface area contributed by atoms with E-state index in [1.165, 1.54) is 0 Å². The van der Waals surface area contributed by atoms with Crippen molar-refractivity contribution in [3.63, 3.8) is 0 Å². The minimum absolute atomic E-state index is 0.133. The lowest BCUT2D eigenvalue weighted by Crippen LogP contribution is -2.31. The standard InChI is InChI=1S/C26H24N2O5/c1-16-10-21-19(14-28(15-32-21)13-17-6-8-27-9-7-17)26-24(16)25(29)23(33-26)12-18-4-5-20(30-2)22(11-18)31-3/h4-12H,13-15H2,1-3H3/b23-12-. The molecule has 0 aliphatic carbocycles. The zero-order valence-electron chi connectivity index (χ0n) is 18.8. The maximum atomic E-state index is 13.2. The fourth-order valence-corrected chi connectivity index (χ4v) is 4.22. The number of rotatable bonds is 5. The van der Waals surface area contributed by atoms with Crippen molar-refractivity contribution in [1.29, 1.82) is 0 Å². The molecule has 0 unspecified atom stereocenters. The molecule has 0 fully saturated rings. The van der Waals surface area contributed by atoms with E-state index in [1.807, 2.05) is 37.3 Å². The van der Waals surface area contributed by atoms with Gasteiger partial charge in [0.05, 0.1) is 25.3 Å². The van der Waals surface area contributed by atoms with E-state index in [1.54, 1.807) is 38.8 Å². The van der Waals surface area contributed by atoms with Gasteiger partial charge < -0.3 is 18.9 Å². The fourth-order valence-electron chi connectivity index (χ4n) is 4.22. The van der Waals surface area contributed by atoms with Gasteiger partial charge in [0, 0.05) is 25.5 Å². The Hall–Kier alpha value is -3.84. The van der Waals surface area contributed by atoms with Crippen molar-refractivity contribution in [1.82, 2.24) is 9.88 Å². The number of ether oxygens (including phenoxy) is 4. The summed E-state index contributed by atoms with van der Waals surface area (Å²) in [7, 11) is 3.16. The van der Waals surface area contributed by atoms with Crippen LogP contribution in [0, 0.1) is 6.92 Å². The second-order valence-corrected chi connectivity index (χ2v) is 8.04. The average molecular weight is 444 g/mol. The molecule has 1 aromatic heterocycles. The number of benzene rings is 2. The molecule has 0 amide bonds. The van der Waals surface area contributed by atoms with Crippen LogP contribution in [0.15, 0.2) is 54.6 Å². The molecule has 7 nitrogen and oxygen atoms in total.